The predicted octanol–water partition coefficient (Wildman–Crippen LogP) is 2.43. The van der Waals surface area contributed by atoms with Gasteiger partial charge < -0.3 is 15.4 Å². The number of fused-ring (bicyclic) bond motifs is 1. The van der Waals surface area contributed by atoms with E-state index >= 15 is 0 Å². The van der Waals surface area contributed by atoms with Crippen molar-refractivity contribution in [2.24, 2.45) is 0 Å². The summed E-state index contributed by atoms with van der Waals surface area (Å²) in [6.07, 6.45) is 5.97. The van der Waals surface area contributed by atoms with Crippen LogP contribution >= 0.6 is 0 Å². The molecule has 2 aliphatic rings. The van der Waals surface area contributed by atoms with Gasteiger partial charge in [-0.25, -0.2) is 0 Å². The lowest BCUT2D eigenvalue weighted by atomic mass is 9.95. The van der Waals surface area contributed by atoms with Gasteiger partial charge in [-0.05, 0) is 31.0 Å². The van der Waals surface area contributed by atoms with Gasteiger partial charge >= 0.3 is 0 Å². The van der Waals surface area contributed by atoms with Gasteiger partial charge in [-0.2, -0.15) is 0 Å². The van der Waals surface area contributed by atoms with E-state index in [9.17, 15) is 14.4 Å². The smallest absolute Gasteiger partial charge is 0.262 e. The minimum Gasteiger partial charge on any atom is -0.482 e. The lowest BCUT2D eigenvalue weighted by Gasteiger charge is -2.22. The summed E-state index contributed by atoms with van der Waals surface area (Å²) in [7, 11) is 0. The van der Waals surface area contributed by atoms with E-state index in [1.54, 1.807) is 18.2 Å². The van der Waals surface area contributed by atoms with Crippen molar-refractivity contribution in [3.05, 3.63) is 23.8 Å². The quantitative estimate of drug-likeness (QED) is 0.812. The predicted molar refractivity (Wildman–Crippen MR) is 89.1 cm³/mol. The van der Waals surface area contributed by atoms with Crippen LogP contribution in [0, 0.1) is 0 Å². The van der Waals surface area contributed by atoms with Gasteiger partial charge in [-0.15, -0.1) is 0 Å². The Morgan fingerprint density at radius 1 is 1.17 bits per heavy atom. The first-order valence-corrected chi connectivity index (χ1v) is 8.51. The number of nitrogens with one attached hydrogen (secondary N) is 2. The van der Waals surface area contributed by atoms with Crippen molar-refractivity contribution < 1.29 is 19.1 Å². The number of amides is 2. The van der Waals surface area contributed by atoms with E-state index < -0.39 is 0 Å². The van der Waals surface area contributed by atoms with Crippen LogP contribution in [0.25, 0.3) is 0 Å². The van der Waals surface area contributed by atoms with Gasteiger partial charge in [0.2, 0.25) is 5.91 Å². The summed E-state index contributed by atoms with van der Waals surface area (Å²) in [5, 5.41) is 5.69. The molecule has 128 valence electrons. The van der Waals surface area contributed by atoms with Crippen LogP contribution in [0.3, 0.4) is 0 Å². The normalized spacial score (nSPS) is 17.4. The van der Waals surface area contributed by atoms with E-state index in [-0.39, 0.29) is 43.1 Å². The third kappa shape index (κ3) is 4.13. The fraction of sp³-hybridized carbons (Fsp3) is 0.500. The van der Waals surface area contributed by atoms with Crippen LogP contribution in [-0.4, -0.2) is 30.2 Å². The number of anilines is 1. The average molecular weight is 330 g/mol. The SMILES string of the molecule is O=C1COc2ccc(C(=O)CCC(=O)NC3CCCCC3)cc2N1. The lowest BCUT2D eigenvalue weighted by Crippen LogP contribution is -2.36. The van der Waals surface area contributed by atoms with E-state index in [0.29, 0.717) is 17.0 Å². The second-order valence-corrected chi connectivity index (χ2v) is 6.37. The zero-order valence-electron chi connectivity index (χ0n) is 13.6. The molecule has 1 fully saturated rings. The van der Waals surface area contributed by atoms with E-state index in [4.69, 9.17) is 4.74 Å². The highest BCUT2D eigenvalue weighted by molar-refractivity contribution is 6.01. The molecule has 6 nitrogen and oxygen atoms in total. The van der Waals surface area contributed by atoms with Gasteiger partial charge in [0.1, 0.15) is 5.75 Å². The fourth-order valence-electron chi connectivity index (χ4n) is 3.17. The molecular formula is C18H22N2O4. The number of ketones is 1. The highest BCUT2D eigenvalue weighted by atomic mass is 16.5. The molecule has 0 saturated heterocycles. The van der Waals surface area contributed by atoms with Crippen LogP contribution in [0.4, 0.5) is 5.69 Å². The highest BCUT2D eigenvalue weighted by Gasteiger charge is 2.19. The van der Waals surface area contributed by atoms with Crippen LogP contribution in [0.15, 0.2) is 18.2 Å². The Bertz CT molecular complexity index is 650. The van der Waals surface area contributed by atoms with Gasteiger partial charge in [0.15, 0.2) is 12.4 Å². The van der Waals surface area contributed by atoms with E-state index in [1.165, 1.54) is 6.42 Å². The number of ether oxygens (including phenoxy) is 1. The third-order valence-corrected chi connectivity index (χ3v) is 4.48. The largest absolute Gasteiger partial charge is 0.482 e. The number of hydrogen-bond acceptors (Lipinski definition) is 4. The van der Waals surface area contributed by atoms with E-state index in [0.717, 1.165) is 25.7 Å². The van der Waals surface area contributed by atoms with Crippen molar-refractivity contribution in [3.8, 4) is 5.75 Å². The zero-order chi connectivity index (χ0) is 16.9. The number of hydrogen-bond donors (Lipinski definition) is 2. The van der Waals surface area contributed by atoms with Crippen molar-refractivity contribution in [2.45, 2.75) is 51.0 Å². The van der Waals surface area contributed by atoms with Gasteiger partial charge in [0.25, 0.3) is 5.91 Å². The molecule has 24 heavy (non-hydrogen) atoms. The van der Waals surface area contributed by atoms with E-state index in [2.05, 4.69) is 10.6 Å². The molecule has 1 saturated carbocycles. The Kier molecular flexibility index (Phi) is 5.13. The second-order valence-electron chi connectivity index (χ2n) is 6.37. The second kappa shape index (κ2) is 7.47. The van der Waals surface area contributed by atoms with Crippen LogP contribution in [0.5, 0.6) is 5.75 Å². The molecule has 1 heterocycles. The molecule has 0 bridgehead atoms. The van der Waals surface area contributed by atoms with E-state index in [1.807, 2.05) is 0 Å². The summed E-state index contributed by atoms with van der Waals surface area (Å²) in [6.45, 7) is -0.0123. The summed E-state index contributed by atoms with van der Waals surface area (Å²) < 4.78 is 5.27. The molecule has 3 rings (SSSR count). The van der Waals surface area contributed by atoms with Crippen LogP contribution in [0.2, 0.25) is 0 Å². The Morgan fingerprint density at radius 3 is 2.75 bits per heavy atom. The first kappa shape index (κ1) is 16.5. The zero-order valence-corrected chi connectivity index (χ0v) is 13.6. The maximum absolute atomic E-state index is 12.3. The highest BCUT2D eigenvalue weighted by Crippen LogP contribution is 2.29. The molecule has 0 aromatic heterocycles. The summed E-state index contributed by atoms with van der Waals surface area (Å²) >= 11 is 0. The number of benzene rings is 1. The van der Waals surface area contributed by atoms with Gasteiger partial charge in [-0.3, -0.25) is 14.4 Å². The molecule has 0 atom stereocenters. The van der Waals surface area contributed by atoms with Crippen LogP contribution < -0.4 is 15.4 Å². The molecule has 2 N–H and O–H groups in total. The molecule has 1 aromatic rings. The fourth-order valence-corrected chi connectivity index (χ4v) is 3.17. The molecule has 2 amide bonds. The standard InChI is InChI=1S/C18H22N2O4/c21-15(7-9-17(22)19-13-4-2-1-3-5-13)12-6-8-16-14(10-12)20-18(23)11-24-16/h6,8,10,13H,1-5,7,9,11H2,(H,19,22)(H,20,23). The first-order chi connectivity index (χ1) is 11.6. The molecule has 6 heteroatoms. The van der Waals surface area contributed by atoms with Crippen molar-refractivity contribution in [2.75, 3.05) is 11.9 Å². The molecule has 0 radical (unpaired) electrons. The summed E-state index contributed by atoms with van der Waals surface area (Å²) in [5.41, 5.74) is 0.980. The number of carbonyl (C=O) groups is 3. The molecule has 1 aromatic carbocycles. The topological polar surface area (TPSA) is 84.5 Å². The van der Waals surface area contributed by atoms with Gasteiger partial charge in [-0.1, -0.05) is 19.3 Å². The van der Waals surface area contributed by atoms with Crippen molar-refractivity contribution in [1.82, 2.24) is 5.32 Å². The van der Waals surface area contributed by atoms with Gasteiger partial charge in [0.05, 0.1) is 5.69 Å². The monoisotopic (exact) mass is 330 g/mol. The van der Waals surface area contributed by atoms with Crippen LogP contribution in [0.1, 0.15) is 55.3 Å². The summed E-state index contributed by atoms with van der Waals surface area (Å²) in [6, 6.07) is 5.20. The Hall–Kier alpha value is -2.37. The Morgan fingerprint density at radius 2 is 1.96 bits per heavy atom. The summed E-state index contributed by atoms with van der Waals surface area (Å²) in [5.74, 6) is 0.140. The molecule has 1 aliphatic heterocycles. The first-order valence-electron chi connectivity index (χ1n) is 8.51. The van der Waals surface area contributed by atoms with Crippen molar-refractivity contribution >= 4 is 23.3 Å². The van der Waals surface area contributed by atoms with Crippen LogP contribution in [-0.2, 0) is 9.59 Å². The average Bonchev–Trinajstić information content (AvgIpc) is 2.60. The number of carbonyl (C=O) groups excluding carboxylic acids is 3. The Labute approximate surface area is 140 Å². The number of rotatable bonds is 5. The lowest BCUT2D eigenvalue weighted by molar-refractivity contribution is -0.122. The van der Waals surface area contributed by atoms with Gasteiger partial charge in [0, 0.05) is 24.4 Å². The maximum Gasteiger partial charge on any atom is 0.262 e. The minimum atomic E-state index is -0.237. The Balaban J connectivity index is 1.52. The van der Waals surface area contributed by atoms with Crippen molar-refractivity contribution in [3.63, 3.8) is 0 Å². The minimum absolute atomic E-state index is 0.0123. The number of Topliss-reactive ketones (excluding diaryl/α,β-unsaturated/α-hetero) is 1. The summed E-state index contributed by atoms with van der Waals surface area (Å²) in [4.78, 5) is 35.6. The van der Waals surface area contributed by atoms with Crippen molar-refractivity contribution in [1.29, 1.82) is 0 Å². The maximum atomic E-state index is 12.3. The molecule has 1 aliphatic carbocycles. The molecule has 0 unspecified atom stereocenters. The molecular weight excluding hydrogens is 308 g/mol. The molecule has 0 spiro atoms. The third-order valence-electron chi connectivity index (χ3n) is 4.48.